The molecule has 1 aromatic carbocycles. The van der Waals surface area contributed by atoms with Gasteiger partial charge in [0, 0.05) is 21.9 Å². The molecule has 0 aliphatic carbocycles. The Bertz CT molecular complexity index is 569. The van der Waals surface area contributed by atoms with Crippen molar-refractivity contribution in [1.82, 2.24) is 5.32 Å². The lowest BCUT2D eigenvalue weighted by Gasteiger charge is -2.08. The zero-order valence-electron chi connectivity index (χ0n) is 13.5. The molecule has 2 nitrogen and oxygen atoms in total. The van der Waals surface area contributed by atoms with Gasteiger partial charge in [-0.1, -0.05) is 13.0 Å². The summed E-state index contributed by atoms with van der Waals surface area (Å²) in [6, 6.07) is 8.63. The van der Waals surface area contributed by atoms with Crippen LogP contribution in [0.25, 0.3) is 0 Å². The average Bonchev–Trinajstić information content (AvgIpc) is 2.76. The molecule has 0 radical (unpaired) electrons. The second-order valence-electron chi connectivity index (χ2n) is 5.58. The van der Waals surface area contributed by atoms with E-state index in [-0.39, 0.29) is 0 Å². The lowest BCUT2D eigenvalue weighted by atomic mass is 10.1. The minimum atomic E-state index is 0.652. The molecule has 2 aromatic rings. The van der Waals surface area contributed by atoms with Gasteiger partial charge in [0.15, 0.2) is 0 Å². The fourth-order valence-corrected chi connectivity index (χ4v) is 3.40. The Morgan fingerprint density at radius 1 is 1.05 bits per heavy atom. The predicted octanol–water partition coefficient (Wildman–Crippen LogP) is 4.75. The molecule has 0 aliphatic rings. The van der Waals surface area contributed by atoms with Crippen molar-refractivity contribution in [2.75, 3.05) is 6.54 Å². The van der Waals surface area contributed by atoms with Crippen molar-refractivity contribution in [3.8, 4) is 5.75 Å². The van der Waals surface area contributed by atoms with E-state index in [0.29, 0.717) is 6.61 Å². The van der Waals surface area contributed by atoms with Crippen LogP contribution in [0.1, 0.15) is 39.8 Å². The van der Waals surface area contributed by atoms with Crippen molar-refractivity contribution in [3.05, 3.63) is 50.7 Å². The summed E-state index contributed by atoms with van der Waals surface area (Å²) in [5.74, 6) is 0.962. The standard InChI is InChI=1S/C18H25NOS/c1-5-6-19-11-18-10-16(15(4)21-18)12-20-17-8-13(2)7-14(3)9-17/h7-10,19H,5-6,11-12H2,1-4H3. The van der Waals surface area contributed by atoms with Gasteiger partial charge in [-0.05, 0) is 63.1 Å². The Morgan fingerprint density at radius 2 is 1.76 bits per heavy atom. The first-order valence-corrected chi connectivity index (χ1v) is 8.40. The number of hydrogen-bond acceptors (Lipinski definition) is 3. The topological polar surface area (TPSA) is 21.3 Å². The van der Waals surface area contributed by atoms with Crippen molar-refractivity contribution >= 4 is 11.3 Å². The van der Waals surface area contributed by atoms with Crippen LogP contribution in [-0.4, -0.2) is 6.54 Å². The number of rotatable bonds is 7. The molecule has 0 saturated carbocycles. The second-order valence-corrected chi connectivity index (χ2v) is 6.92. The Morgan fingerprint density at radius 3 is 2.43 bits per heavy atom. The van der Waals surface area contributed by atoms with Crippen LogP contribution in [0.3, 0.4) is 0 Å². The van der Waals surface area contributed by atoms with E-state index in [1.807, 2.05) is 11.3 Å². The Kier molecular flexibility index (Phi) is 5.83. The molecule has 114 valence electrons. The van der Waals surface area contributed by atoms with Crippen molar-refractivity contribution < 1.29 is 4.74 Å². The van der Waals surface area contributed by atoms with Gasteiger partial charge in [0.25, 0.3) is 0 Å². The molecule has 1 N–H and O–H groups in total. The number of benzene rings is 1. The summed E-state index contributed by atoms with van der Waals surface area (Å²) in [7, 11) is 0. The molecule has 0 unspecified atom stereocenters. The highest BCUT2D eigenvalue weighted by Crippen LogP contribution is 2.24. The van der Waals surface area contributed by atoms with Crippen molar-refractivity contribution in [2.24, 2.45) is 0 Å². The molecule has 0 atom stereocenters. The second kappa shape index (κ2) is 7.62. The molecule has 0 spiro atoms. The van der Waals surface area contributed by atoms with Gasteiger partial charge < -0.3 is 10.1 Å². The molecule has 3 heteroatoms. The van der Waals surface area contributed by atoms with Crippen LogP contribution in [0.4, 0.5) is 0 Å². The van der Waals surface area contributed by atoms with E-state index >= 15 is 0 Å². The number of hydrogen-bond donors (Lipinski definition) is 1. The third kappa shape index (κ3) is 4.87. The molecule has 2 rings (SSSR count). The van der Waals surface area contributed by atoms with Gasteiger partial charge in [0.2, 0.25) is 0 Å². The minimum absolute atomic E-state index is 0.652. The highest BCUT2D eigenvalue weighted by molar-refractivity contribution is 7.12. The number of nitrogens with one attached hydrogen (secondary N) is 1. The first kappa shape index (κ1) is 16.1. The number of thiophene rings is 1. The van der Waals surface area contributed by atoms with Crippen LogP contribution >= 0.6 is 11.3 Å². The van der Waals surface area contributed by atoms with Gasteiger partial charge in [-0.25, -0.2) is 0 Å². The van der Waals surface area contributed by atoms with Gasteiger partial charge in [0.05, 0.1) is 0 Å². The first-order chi connectivity index (χ1) is 10.1. The lowest BCUT2D eigenvalue weighted by molar-refractivity contribution is 0.305. The van der Waals surface area contributed by atoms with Crippen molar-refractivity contribution in [2.45, 2.75) is 47.3 Å². The van der Waals surface area contributed by atoms with Gasteiger partial charge >= 0.3 is 0 Å². The molecule has 0 saturated heterocycles. The maximum absolute atomic E-state index is 5.96. The quantitative estimate of drug-likeness (QED) is 0.745. The molecule has 1 aromatic heterocycles. The monoisotopic (exact) mass is 303 g/mol. The number of ether oxygens (including phenoxy) is 1. The van der Waals surface area contributed by atoms with E-state index in [9.17, 15) is 0 Å². The largest absolute Gasteiger partial charge is 0.489 e. The highest BCUT2D eigenvalue weighted by atomic mass is 32.1. The molecular formula is C18H25NOS. The molecule has 0 bridgehead atoms. The maximum Gasteiger partial charge on any atom is 0.120 e. The summed E-state index contributed by atoms with van der Waals surface area (Å²) in [6.45, 7) is 11.3. The normalized spacial score (nSPS) is 10.9. The van der Waals surface area contributed by atoms with Gasteiger partial charge in [-0.3, -0.25) is 0 Å². The summed E-state index contributed by atoms with van der Waals surface area (Å²) in [5.41, 5.74) is 3.79. The van der Waals surface area contributed by atoms with Crippen LogP contribution in [0.5, 0.6) is 5.75 Å². The smallest absolute Gasteiger partial charge is 0.120 e. The molecule has 21 heavy (non-hydrogen) atoms. The van der Waals surface area contributed by atoms with Crippen LogP contribution in [0.15, 0.2) is 24.3 Å². The van der Waals surface area contributed by atoms with Crippen molar-refractivity contribution in [3.63, 3.8) is 0 Å². The fraction of sp³-hybridized carbons (Fsp3) is 0.444. The Hall–Kier alpha value is -1.32. The van der Waals surface area contributed by atoms with Gasteiger partial charge in [-0.2, -0.15) is 0 Å². The summed E-state index contributed by atoms with van der Waals surface area (Å²) in [4.78, 5) is 2.74. The molecule has 1 heterocycles. The zero-order chi connectivity index (χ0) is 15.2. The SMILES string of the molecule is CCCNCc1cc(COc2cc(C)cc(C)c2)c(C)s1. The van der Waals surface area contributed by atoms with Gasteiger partial charge in [0.1, 0.15) is 12.4 Å². The third-order valence-corrected chi connectivity index (χ3v) is 4.48. The number of aryl methyl sites for hydroxylation is 3. The van der Waals surface area contributed by atoms with Crippen LogP contribution in [-0.2, 0) is 13.2 Å². The predicted molar refractivity (Wildman–Crippen MR) is 91.3 cm³/mol. The van der Waals surface area contributed by atoms with E-state index in [1.54, 1.807) is 0 Å². The fourth-order valence-electron chi connectivity index (χ4n) is 2.38. The molecule has 0 amide bonds. The van der Waals surface area contributed by atoms with E-state index in [2.05, 4.69) is 57.3 Å². The van der Waals surface area contributed by atoms with E-state index in [0.717, 1.165) is 18.8 Å². The highest BCUT2D eigenvalue weighted by Gasteiger charge is 2.06. The van der Waals surface area contributed by atoms with E-state index < -0.39 is 0 Å². The molecular weight excluding hydrogens is 278 g/mol. The molecule has 0 fully saturated rings. The van der Waals surface area contributed by atoms with Gasteiger partial charge in [-0.15, -0.1) is 11.3 Å². The van der Waals surface area contributed by atoms with Crippen LogP contribution in [0.2, 0.25) is 0 Å². The van der Waals surface area contributed by atoms with E-state index in [4.69, 9.17) is 4.74 Å². The minimum Gasteiger partial charge on any atom is -0.489 e. The summed E-state index contributed by atoms with van der Waals surface area (Å²) >= 11 is 1.86. The van der Waals surface area contributed by atoms with E-state index in [1.165, 1.54) is 32.9 Å². The average molecular weight is 303 g/mol. The lowest BCUT2D eigenvalue weighted by Crippen LogP contribution is -2.12. The summed E-state index contributed by atoms with van der Waals surface area (Å²) in [6.07, 6.45) is 1.17. The molecule has 0 aliphatic heterocycles. The van der Waals surface area contributed by atoms with Crippen molar-refractivity contribution in [1.29, 1.82) is 0 Å². The third-order valence-electron chi connectivity index (χ3n) is 3.39. The zero-order valence-corrected chi connectivity index (χ0v) is 14.3. The van der Waals surface area contributed by atoms with Crippen LogP contribution in [0, 0.1) is 20.8 Å². The van der Waals surface area contributed by atoms with Crippen LogP contribution < -0.4 is 10.1 Å². The maximum atomic E-state index is 5.96. The summed E-state index contributed by atoms with van der Waals surface area (Å²) in [5, 5.41) is 3.45. The summed E-state index contributed by atoms with van der Waals surface area (Å²) < 4.78 is 5.96. The Labute approximate surface area is 132 Å². The Balaban J connectivity index is 1.96. The first-order valence-electron chi connectivity index (χ1n) is 7.58.